The molecular formula is C25H20ClN5O2S. The van der Waals surface area contributed by atoms with Crippen LogP contribution in [0.1, 0.15) is 11.5 Å². The van der Waals surface area contributed by atoms with Crippen LogP contribution in [0, 0.1) is 0 Å². The lowest BCUT2D eigenvalue weighted by Gasteiger charge is -2.10. The van der Waals surface area contributed by atoms with Gasteiger partial charge in [0.15, 0.2) is 11.0 Å². The Labute approximate surface area is 205 Å². The summed E-state index contributed by atoms with van der Waals surface area (Å²) in [6, 6.07) is 25.3. The smallest absolute Gasteiger partial charge is 0.247 e. The van der Waals surface area contributed by atoms with Crippen LogP contribution in [0.4, 0.5) is 0 Å². The Bertz CT molecular complexity index is 1370. The molecule has 0 aliphatic rings. The van der Waals surface area contributed by atoms with E-state index < -0.39 is 0 Å². The van der Waals surface area contributed by atoms with E-state index in [0.717, 1.165) is 33.4 Å². The van der Waals surface area contributed by atoms with Crippen LogP contribution in [0.2, 0.25) is 5.02 Å². The molecule has 5 aromatic rings. The zero-order valence-corrected chi connectivity index (χ0v) is 19.8. The van der Waals surface area contributed by atoms with Crippen molar-refractivity contribution in [3.63, 3.8) is 0 Å². The van der Waals surface area contributed by atoms with Crippen LogP contribution >= 0.6 is 23.4 Å². The lowest BCUT2D eigenvalue weighted by Crippen LogP contribution is -2.04. The van der Waals surface area contributed by atoms with Gasteiger partial charge in [-0.1, -0.05) is 53.7 Å². The van der Waals surface area contributed by atoms with E-state index in [-0.39, 0.29) is 0 Å². The summed E-state index contributed by atoms with van der Waals surface area (Å²) < 4.78 is 13.2. The Hall–Kier alpha value is -3.62. The van der Waals surface area contributed by atoms with Crippen molar-refractivity contribution >= 4 is 23.4 Å². The van der Waals surface area contributed by atoms with Crippen molar-refractivity contribution in [2.24, 2.45) is 0 Å². The average Bonchev–Trinajstić information content (AvgIpc) is 3.51. The molecule has 170 valence electrons. The zero-order chi connectivity index (χ0) is 23.3. The summed E-state index contributed by atoms with van der Waals surface area (Å²) >= 11 is 7.58. The number of hydrogen-bond donors (Lipinski definition) is 0. The number of thioether (sulfide) groups is 1. The maximum atomic E-state index is 6.08. The van der Waals surface area contributed by atoms with Crippen molar-refractivity contribution in [1.82, 2.24) is 25.0 Å². The van der Waals surface area contributed by atoms with Crippen LogP contribution in [-0.4, -0.2) is 32.1 Å². The molecule has 0 aliphatic heterocycles. The maximum Gasteiger partial charge on any atom is 0.247 e. The molecule has 7 nitrogen and oxygen atoms in total. The van der Waals surface area contributed by atoms with E-state index in [4.69, 9.17) is 20.8 Å². The van der Waals surface area contributed by atoms with Gasteiger partial charge in [-0.15, -0.1) is 20.4 Å². The van der Waals surface area contributed by atoms with Crippen LogP contribution in [0.5, 0.6) is 5.75 Å². The van der Waals surface area contributed by atoms with Crippen molar-refractivity contribution in [1.29, 1.82) is 0 Å². The molecule has 0 N–H and O–H groups in total. The molecule has 34 heavy (non-hydrogen) atoms. The van der Waals surface area contributed by atoms with Gasteiger partial charge in [0.2, 0.25) is 11.8 Å². The minimum Gasteiger partial charge on any atom is -0.497 e. The fraction of sp³-hybridized carbons (Fsp3) is 0.120. The molecule has 0 atom stereocenters. The highest BCUT2D eigenvalue weighted by atomic mass is 35.5. The predicted molar refractivity (Wildman–Crippen MR) is 132 cm³/mol. The number of hydrogen-bond acceptors (Lipinski definition) is 7. The van der Waals surface area contributed by atoms with Crippen molar-refractivity contribution < 1.29 is 9.15 Å². The average molecular weight is 490 g/mol. The Morgan fingerprint density at radius 2 is 1.59 bits per heavy atom. The van der Waals surface area contributed by atoms with Gasteiger partial charge >= 0.3 is 0 Å². The Morgan fingerprint density at radius 3 is 2.32 bits per heavy atom. The van der Waals surface area contributed by atoms with Gasteiger partial charge in [0, 0.05) is 16.1 Å². The van der Waals surface area contributed by atoms with E-state index >= 15 is 0 Å². The summed E-state index contributed by atoms with van der Waals surface area (Å²) in [6.07, 6.45) is 0. The molecule has 0 amide bonds. The third-order valence-electron chi connectivity index (χ3n) is 5.13. The Balaban J connectivity index is 1.38. The van der Waals surface area contributed by atoms with Crippen LogP contribution in [0.15, 0.2) is 88.4 Å². The third-order valence-corrected chi connectivity index (χ3v) is 6.33. The molecular weight excluding hydrogens is 470 g/mol. The topological polar surface area (TPSA) is 78.9 Å². The third kappa shape index (κ3) is 4.98. The van der Waals surface area contributed by atoms with Gasteiger partial charge in [0.05, 0.1) is 19.4 Å². The number of halogens is 1. The number of ether oxygens (including phenoxy) is 1. The number of rotatable bonds is 8. The molecule has 0 fully saturated rings. The number of methoxy groups -OCH3 is 1. The predicted octanol–water partition coefficient (Wildman–Crippen LogP) is 6.00. The standard InChI is InChI=1S/C25H20ClN5O2S/c1-32-21-13-9-19(10-14-21)24-29-27-22(33-24)16-34-25-30-28-23(18-7-11-20(26)12-8-18)31(25)15-17-5-3-2-4-6-17/h2-14H,15-16H2,1H3. The van der Waals surface area contributed by atoms with Gasteiger partial charge in [-0.3, -0.25) is 4.57 Å². The first-order valence-corrected chi connectivity index (χ1v) is 11.9. The molecule has 2 aromatic heterocycles. The van der Waals surface area contributed by atoms with Gasteiger partial charge in [-0.05, 0) is 54.1 Å². The van der Waals surface area contributed by atoms with Crippen molar-refractivity contribution in [3.05, 3.63) is 95.3 Å². The summed E-state index contributed by atoms with van der Waals surface area (Å²) in [5.41, 5.74) is 2.93. The molecule has 0 bridgehead atoms. The second-order valence-electron chi connectivity index (χ2n) is 7.40. The fourth-order valence-electron chi connectivity index (χ4n) is 3.40. The fourth-order valence-corrected chi connectivity index (χ4v) is 4.31. The van der Waals surface area contributed by atoms with Crippen molar-refractivity contribution in [2.45, 2.75) is 17.5 Å². The first kappa shape index (κ1) is 22.2. The quantitative estimate of drug-likeness (QED) is 0.247. The van der Waals surface area contributed by atoms with Gasteiger partial charge in [-0.25, -0.2) is 0 Å². The molecule has 2 heterocycles. The second-order valence-corrected chi connectivity index (χ2v) is 8.78. The van der Waals surface area contributed by atoms with Crippen LogP contribution in [0.3, 0.4) is 0 Å². The van der Waals surface area contributed by atoms with E-state index in [9.17, 15) is 0 Å². The van der Waals surface area contributed by atoms with Gasteiger partial charge in [0.25, 0.3) is 0 Å². The van der Waals surface area contributed by atoms with Crippen molar-refractivity contribution in [3.8, 4) is 28.6 Å². The molecule has 3 aromatic carbocycles. The first-order chi connectivity index (χ1) is 16.7. The minimum absolute atomic E-state index is 0.464. The zero-order valence-electron chi connectivity index (χ0n) is 18.3. The molecule has 5 rings (SSSR count). The lowest BCUT2D eigenvalue weighted by atomic mass is 10.2. The van der Waals surface area contributed by atoms with E-state index in [1.807, 2.05) is 66.7 Å². The summed E-state index contributed by atoms with van der Waals surface area (Å²) in [7, 11) is 1.63. The highest BCUT2D eigenvalue weighted by Gasteiger charge is 2.17. The molecule has 0 spiro atoms. The largest absolute Gasteiger partial charge is 0.497 e. The maximum absolute atomic E-state index is 6.08. The normalized spacial score (nSPS) is 11.0. The van der Waals surface area contributed by atoms with Crippen LogP contribution in [-0.2, 0) is 12.3 Å². The number of aromatic nitrogens is 5. The van der Waals surface area contributed by atoms with Crippen LogP contribution < -0.4 is 4.74 Å². The van der Waals surface area contributed by atoms with Crippen molar-refractivity contribution in [2.75, 3.05) is 7.11 Å². The molecule has 9 heteroatoms. The summed E-state index contributed by atoms with van der Waals surface area (Å²) in [4.78, 5) is 0. The molecule has 0 radical (unpaired) electrons. The number of nitrogens with zero attached hydrogens (tertiary/aromatic N) is 5. The SMILES string of the molecule is COc1ccc(-c2nnc(CSc3nnc(-c4ccc(Cl)cc4)n3Cc3ccccc3)o2)cc1. The van der Waals surface area contributed by atoms with Crippen LogP contribution in [0.25, 0.3) is 22.8 Å². The summed E-state index contributed by atoms with van der Waals surface area (Å²) in [5, 5.41) is 18.7. The lowest BCUT2D eigenvalue weighted by molar-refractivity contribution is 0.415. The highest BCUT2D eigenvalue weighted by Crippen LogP contribution is 2.29. The van der Waals surface area contributed by atoms with E-state index in [1.54, 1.807) is 7.11 Å². The second kappa shape index (κ2) is 10.1. The molecule has 0 saturated carbocycles. The van der Waals surface area contributed by atoms with E-state index in [1.165, 1.54) is 11.8 Å². The van der Waals surface area contributed by atoms with Gasteiger partial charge in [0.1, 0.15) is 5.75 Å². The first-order valence-electron chi connectivity index (χ1n) is 10.5. The summed E-state index contributed by atoms with van der Waals surface area (Å²) in [6.45, 7) is 0.634. The van der Waals surface area contributed by atoms with E-state index in [0.29, 0.717) is 29.1 Å². The van der Waals surface area contributed by atoms with Gasteiger partial charge in [-0.2, -0.15) is 0 Å². The summed E-state index contributed by atoms with van der Waals surface area (Å²) in [5.74, 6) is 2.99. The van der Waals surface area contributed by atoms with Gasteiger partial charge < -0.3 is 9.15 Å². The van der Waals surface area contributed by atoms with E-state index in [2.05, 4.69) is 37.1 Å². The molecule has 0 unspecified atom stereocenters. The number of benzene rings is 3. The minimum atomic E-state index is 0.464. The highest BCUT2D eigenvalue weighted by molar-refractivity contribution is 7.98. The monoisotopic (exact) mass is 489 g/mol. The Morgan fingerprint density at radius 1 is 0.853 bits per heavy atom. The molecule has 0 saturated heterocycles. The molecule has 0 aliphatic carbocycles. The Kier molecular flexibility index (Phi) is 6.60.